The van der Waals surface area contributed by atoms with E-state index in [-0.39, 0.29) is 74.7 Å². The molecule has 7 atom stereocenters. The molecule has 464 valence electrons. The number of β-amino-alcohol motifs (C(OH)–C–C–N with tert-alkyl or cyclic N) is 1. The number of ketones is 1. The number of benzene rings is 4. The monoisotopic (exact) mass is 1240 g/mol. The van der Waals surface area contributed by atoms with Gasteiger partial charge in [0.15, 0.2) is 5.78 Å². The zero-order chi connectivity index (χ0) is 63.4. The lowest BCUT2D eigenvalue weighted by Crippen LogP contribution is -2.57. The maximum atomic E-state index is 14.6. The Bertz CT molecular complexity index is 3740. The van der Waals surface area contributed by atoms with Crippen LogP contribution in [-0.4, -0.2) is 119 Å². The molecule has 1 fully saturated rings. The van der Waals surface area contributed by atoms with Crippen LogP contribution in [0.15, 0.2) is 96.5 Å². The van der Waals surface area contributed by atoms with Crippen LogP contribution in [0.3, 0.4) is 0 Å². The Morgan fingerprint density at radius 3 is 2.30 bits per heavy atom. The minimum atomic E-state index is -5.06. The van der Waals surface area contributed by atoms with Crippen molar-refractivity contribution in [2.24, 2.45) is 17.1 Å². The lowest BCUT2D eigenvalue weighted by molar-refractivity contribution is -0.144. The quantitative estimate of drug-likeness (QED) is 0.0170. The van der Waals surface area contributed by atoms with Crippen molar-refractivity contribution in [3.8, 4) is 10.4 Å². The highest BCUT2D eigenvalue weighted by atomic mass is 32.1. The molecule has 22 nitrogen and oxygen atoms in total. The molecule has 3 aliphatic heterocycles. The summed E-state index contributed by atoms with van der Waals surface area (Å²) in [5.41, 5.74) is 11.8. The maximum Gasteiger partial charge on any atom is 0.396 e. The average Bonchev–Trinajstić information content (AvgIpc) is 1.69. The second-order valence-electron chi connectivity index (χ2n) is 24.2. The minimum Gasteiger partial charge on any atom is -0.391 e. The van der Waals surface area contributed by atoms with Crippen LogP contribution < -0.4 is 31.9 Å². The summed E-state index contributed by atoms with van der Waals surface area (Å²) in [6.45, 7) is 9.26. The molecule has 0 spiro atoms. The molecule has 5 heterocycles. The number of rotatable bonds is 24. The first-order valence-electron chi connectivity index (χ1n) is 29.5. The van der Waals surface area contributed by atoms with Gasteiger partial charge in [-0.25, -0.2) is 4.98 Å². The summed E-state index contributed by atoms with van der Waals surface area (Å²) >= 11 is 1.55. The number of para-hydroxylation sites is 1. The van der Waals surface area contributed by atoms with E-state index in [0.717, 1.165) is 38.4 Å². The molecule has 6 aromatic rings. The molecule has 10 N–H and O–H groups in total. The number of hydrogen-bond acceptors (Lipinski definition) is 13. The Kier molecular flexibility index (Phi) is 19.7. The van der Waals surface area contributed by atoms with E-state index in [1.165, 1.54) is 34.1 Å². The molecule has 0 radical (unpaired) electrons. The van der Waals surface area contributed by atoms with E-state index >= 15 is 0 Å². The number of hydrogen-bond donors (Lipinski definition) is 9. The second kappa shape index (κ2) is 27.0. The number of anilines is 2. The van der Waals surface area contributed by atoms with Crippen LogP contribution in [0.1, 0.15) is 140 Å². The van der Waals surface area contributed by atoms with Crippen LogP contribution in [0, 0.1) is 18.3 Å². The van der Waals surface area contributed by atoms with Crippen LogP contribution in [-0.2, 0) is 57.4 Å². The third kappa shape index (κ3) is 15.0. The number of primary amides is 1. The molecule has 3 aliphatic rings. The second-order valence-corrected chi connectivity index (χ2v) is 26.6. The number of amides is 7. The fourth-order valence-electron chi connectivity index (χ4n) is 11.9. The summed E-state index contributed by atoms with van der Waals surface area (Å²) in [6.07, 6.45) is 1.85. The summed E-state index contributed by atoms with van der Waals surface area (Å²) in [5.74, 6) is -4.94. The van der Waals surface area contributed by atoms with Gasteiger partial charge in [-0.3, -0.25) is 52.6 Å². The molecule has 2 aromatic heterocycles. The van der Waals surface area contributed by atoms with E-state index < -0.39 is 96.0 Å². The zero-order valence-corrected chi connectivity index (χ0v) is 51.4. The minimum absolute atomic E-state index is 0.0521. The SMILES string of the molecule is Cc1ncsc1-c1ccc([C@H](C)NC(=O)[C@@H]2C[C@@H](O)CN2C(=O)[C@@H](NC(=O)CCCCCc2cccc(NC(=O)[C@H](CCC(N)=O)NC(=O)[C@@H]3Cc4cccc5c4N3C(=O)[C@@H](CC(=O)c3cc4cc(C(=O)P(=O)(O)O)ccc4[nH]3)CC5)c2)C(C)(C)C)cc1. The van der Waals surface area contributed by atoms with E-state index in [1.807, 2.05) is 83.1 Å². The van der Waals surface area contributed by atoms with Crippen molar-refractivity contribution >= 4 is 93.9 Å². The molecule has 0 bridgehead atoms. The van der Waals surface area contributed by atoms with Crippen LogP contribution in [0.2, 0.25) is 0 Å². The highest BCUT2D eigenvalue weighted by Crippen LogP contribution is 2.42. The largest absolute Gasteiger partial charge is 0.396 e. The number of aryl methyl sites for hydroxylation is 3. The first-order chi connectivity index (χ1) is 41.7. The van der Waals surface area contributed by atoms with Gasteiger partial charge in [-0.2, -0.15) is 0 Å². The number of H-pyrrole nitrogens is 1. The number of aromatic nitrogens is 2. The smallest absolute Gasteiger partial charge is 0.391 e. The summed E-state index contributed by atoms with van der Waals surface area (Å²) in [4.78, 5) is 153. The molecular weight excluding hydrogens is 1170 g/mol. The molecular formula is C64H74N9O13PS. The molecule has 88 heavy (non-hydrogen) atoms. The molecule has 1 saturated heterocycles. The van der Waals surface area contributed by atoms with E-state index in [1.54, 1.807) is 35.0 Å². The zero-order valence-electron chi connectivity index (χ0n) is 49.7. The fourth-order valence-corrected chi connectivity index (χ4v) is 13.2. The number of aliphatic hydroxyl groups is 1. The number of likely N-dealkylation sites (tertiary alicyclic amines) is 1. The Labute approximate surface area is 513 Å². The van der Waals surface area contributed by atoms with Crippen molar-refractivity contribution < 1.29 is 62.6 Å². The first kappa shape index (κ1) is 64.3. The number of unbranched alkanes of at least 4 members (excludes halogenated alkanes) is 2. The topological polar surface area (TPSA) is 341 Å². The first-order valence-corrected chi connectivity index (χ1v) is 32.0. The number of Topliss-reactive ketones (excluding diaryl/α,β-unsaturated/α-hetero) is 1. The maximum absolute atomic E-state index is 14.6. The summed E-state index contributed by atoms with van der Waals surface area (Å²) in [7, 11) is -5.06. The van der Waals surface area contributed by atoms with E-state index in [0.29, 0.717) is 54.4 Å². The van der Waals surface area contributed by atoms with Crippen LogP contribution >= 0.6 is 18.9 Å². The van der Waals surface area contributed by atoms with Crippen molar-refractivity contribution in [3.63, 3.8) is 0 Å². The van der Waals surface area contributed by atoms with Crippen LogP contribution in [0.4, 0.5) is 11.4 Å². The number of nitrogens with one attached hydrogen (secondary N) is 5. The lowest BCUT2D eigenvalue weighted by Gasteiger charge is -2.35. The standard InChI is InChI=1S/C64H74N9O13PS/c1-35(38-17-20-40(21-18-38)56-36(2)66-34-88-56)67-59(79)50-32-46(74)33-72(50)62(82)57(64(3,4)5)71-54(77)16-8-6-7-11-37-12-9-15-45(27-37)68-58(78)48(25-26-53(65)76)70-60(80)51-30-41-14-10-13-39-19-22-42(61(81)73(51)55(39)41)31-52(75)49-29-44-28-43(23-24-47(44)69-49)63(83)87(84,85)86/h9-10,12-15,17-18,20-21,23-24,27-29,34-35,42,46,48,50-51,57,69,74H,6-8,11,16,19,22,25-26,30-33H2,1-5H3,(H2,65,76)(H,67,79)(H,68,78)(H,70,80)(H,71,77)(H2,84,85,86)/t35-,42+,46+,48-,50-,51-,57+/m0/s1. The molecule has 7 amide bonds. The Morgan fingerprint density at radius 1 is 0.864 bits per heavy atom. The van der Waals surface area contributed by atoms with Gasteiger partial charge in [0.2, 0.25) is 41.4 Å². The van der Waals surface area contributed by atoms with E-state index in [2.05, 4.69) is 31.2 Å². The van der Waals surface area contributed by atoms with Gasteiger partial charge in [-0.05, 0) is 122 Å². The van der Waals surface area contributed by atoms with Gasteiger partial charge in [0.25, 0.3) is 5.52 Å². The lowest BCUT2D eigenvalue weighted by atomic mass is 9.85. The number of nitrogens with two attached hydrogens (primary N) is 1. The number of carbonyl (C=O) groups excluding carboxylic acids is 9. The molecule has 0 saturated carbocycles. The number of nitrogens with zero attached hydrogens (tertiary/aromatic N) is 3. The number of thiazole rings is 1. The van der Waals surface area contributed by atoms with E-state index in [4.69, 9.17) is 5.73 Å². The highest BCUT2D eigenvalue weighted by molar-refractivity contribution is 7.70. The van der Waals surface area contributed by atoms with Crippen molar-refractivity contribution in [1.82, 2.24) is 30.8 Å². The molecule has 4 aromatic carbocycles. The van der Waals surface area contributed by atoms with Gasteiger partial charge in [0.1, 0.15) is 24.2 Å². The van der Waals surface area contributed by atoms with Gasteiger partial charge >= 0.3 is 7.60 Å². The van der Waals surface area contributed by atoms with Gasteiger partial charge in [-0.1, -0.05) is 81.8 Å². The summed E-state index contributed by atoms with van der Waals surface area (Å²) < 4.78 is 11.6. The van der Waals surface area contributed by atoms with Crippen LogP contribution in [0.25, 0.3) is 21.3 Å². The normalized spacial score (nSPS) is 18.4. The predicted octanol–water partition coefficient (Wildman–Crippen LogP) is 6.87. The van der Waals surface area contributed by atoms with Crippen LogP contribution in [0.5, 0.6) is 0 Å². The number of aliphatic hydroxyl groups excluding tert-OH is 1. The number of aromatic amines is 1. The predicted molar refractivity (Wildman–Crippen MR) is 331 cm³/mol. The number of fused-ring (bicyclic) bond motifs is 1. The third-order valence-corrected chi connectivity index (χ3v) is 18.4. The number of carbonyl (C=O) groups is 9. The van der Waals surface area contributed by atoms with E-state index in [9.17, 15) is 62.6 Å². The molecule has 0 aliphatic carbocycles. The van der Waals surface area contributed by atoms with Crippen molar-refractivity contribution in [1.29, 1.82) is 0 Å². The van der Waals surface area contributed by atoms with Gasteiger partial charge in [0, 0.05) is 66.7 Å². The fraction of sp³-hybridized carbons (Fsp3) is 0.406. The molecule has 9 rings (SSSR count). The third-order valence-electron chi connectivity index (χ3n) is 16.6. The molecule has 24 heteroatoms. The van der Waals surface area contributed by atoms with Gasteiger partial charge in [0.05, 0.1) is 39.6 Å². The van der Waals surface area contributed by atoms with Gasteiger partial charge in [-0.15, -0.1) is 11.3 Å². The van der Waals surface area contributed by atoms with Gasteiger partial charge < -0.3 is 51.8 Å². The Morgan fingerprint density at radius 2 is 1.59 bits per heavy atom. The Balaban J connectivity index is 0.770. The highest BCUT2D eigenvalue weighted by Gasteiger charge is 2.47. The van der Waals surface area contributed by atoms with Crippen molar-refractivity contribution in [2.45, 2.75) is 148 Å². The van der Waals surface area contributed by atoms with Crippen molar-refractivity contribution in [3.05, 3.63) is 136 Å². The summed E-state index contributed by atoms with van der Waals surface area (Å²) in [5, 5.41) is 22.7. The Hall–Kier alpha value is -8.21. The average molecular weight is 1240 g/mol. The molecule has 0 unspecified atom stereocenters. The summed E-state index contributed by atoms with van der Waals surface area (Å²) in [6, 6.07) is 21.2. The van der Waals surface area contributed by atoms with Crippen molar-refractivity contribution in [2.75, 3.05) is 16.8 Å².